The van der Waals surface area contributed by atoms with Crippen molar-refractivity contribution in [2.24, 2.45) is 0 Å². The molecule has 4 nitrogen and oxygen atoms in total. The van der Waals surface area contributed by atoms with Gasteiger partial charge in [0, 0.05) is 99.6 Å². The number of halogens is 2. The fourth-order valence-corrected chi connectivity index (χ4v) is 21.7. The molecule has 0 aliphatic carbocycles. The van der Waals surface area contributed by atoms with Crippen molar-refractivity contribution in [2.75, 3.05) is 0 Å². The molecule has 0 radical (unpaired) electrons. The molecule has 10 aromatic heterocycles. The van der Waals surface area contributed by atoms with Crippen molar-refractivity contribution in [3.63, 3.8) is 0 Å². The molecule has 0 amide bonds. The fraction of sp³-hybridized carbons (Fsp3) is 0.143. The Kier molecular flexibility index (Phi) is 11.0. The van der Waals surface area contributed by atoms with Crippen LogP contribution >= 0.6 is 137 Å². The highest BCUT2D eigenvalue weighted by Gasteiger charge is 2.26. The maximum absolute atomic E-state index is 7.35. The minimum absolute atomic E-state index is 0.698. The Morgan fingerprint density at radius 2 is 0.750 bits per heavy atom. The summed E-state index contributed by atoms with van der Waals surface area (Å²) in [6.45, 7) is 17.9. The van der Waals surface area contributed by atoms with E-state index in [0.717, 1.165) is 63.8 Å². The minimum Gasteiger partial charge on any atom is -0.172 e. The van der Waals surface area contributed by atoms with Gasteiger partial charge in [0.1, 0.15) is 22.1 Å². The van der Waals surface area contributed by atoms with Gasteiger partial charge in [0.15, 0.2) is 0 Å². The molecule has 0 unspecified atom stereocenters. The first-order valence-corrected chi connectivity index (χ1v) is 31.7. The van der Waals surface area contributed by atoms with Gasteiger partial charge in [-0.2, -0.15) is 17.5 Å². The second-order valence-corrected chi connectivity index (χ2v) is 29.2. The lowest BCUT2D eigenvalue weighted by atomic mass is 10.0. The topological polar surface area (TPSA) is 51.6 Å². The van der Waals surface area contributed by atoms with Crippen molar-refractivity contribution in [3.8, 4) is 71.0 Å². The molecule has 0 saturated heterocycles. The summed E-state index contributed by atoms with van der Waals surface area (Å²) >= 11 is 31.7. The molecule has 4 aromatic carbocycles. The molecule has 0 aliphatic rings. The molecule has 0 fully saturated rings. The summed E-state index contributed by atoms with van der Waals surface area (Å²) in [4.78, 5) is 14.8. The number of aromatic nitrogens is 4. The van der Waals surface area contributed by atoms with Gasteiger partial charge in [-0.3, -0.25) is 0 Å². The van der Waals surface area contributed by atoms with Crippen molar-refractivity contribution in [1.29, 1.82) is 0 Å². The van der Waals surface area contributed by atoms with Crippen molar-refractivity contribution >= 4 is 200 Å². The zero-order valence-electron chi connectivity index (χ0n) is 39.6. The highest BCUT2D eigenvalue weighted by atomic mass is 35.5. The molecule has 0 N–H and O–H groups in total. The number of thiophene rings is 8. The van der Waals surface area contributed by atoms with Crippen LogP contribution < -0.4 is 0 Å². The first kappa shape index (κ1) is 46.3. The van der Waals surface area contributed by atoms with Crippen LogP contribution in [0.3, 0.4) is 0 Å². The maximum atomic E-state index is 7.35. The summed E-state index contributed by atoms with van der Waals surface area (Å²) in [6.07, 6.45) is 0. The van der Waals surface area contributed by atoms with E-state index in [1.807, 2.05) is 68.0 Å². The molecule has 354 valence electrons. The van der Waals surface area contributed by atoms with E-state index in [1.54, 1.807) is 22.7 Å². The molecule has 14 aromatic rings. The Hall–Kier alpha value is -4.26. The van der Waals surface area contributed by atoms with Gasteiger partial charge in [0.2, 0.25) is 0 Å². The summed E-state index contributed by atoms with van der Waals surface area (Å²) in [5.41, 5.74) is 15.5. The largest absolute Gasteiger partial charge is 0.172 e. The van der Waals surface area contributed by atoms with Gasteiger partial charge in [-0.25, -0.2) is 0 Å². The summed E-state index contributed by atoms with van der Waals surface area (Å²) in [7, 11) is 0. The summed E-state index contributed by atoms with van der Waals surface area (Å²) in [5.74, 6) is 0. The molecule has 72 heavy (non-hydrogen) atoms. The number of nitrogens with zero attached hydrogens (tertiary/aromatic N) is 4. The van der Waals surface area contributed by atoms with Crippen LogP contribution in [0, 0.1) is 55.4 Å². The molecule has 16 heteroatoms. The molecule has 0 atom stereocenters. The molecule has 0 spiro atoms. The van der Waals surface area contributed by atoms with Crippen LogP contribution in [0.1, 0.15) is 43.1 Å². The van der Waals surface area contributed by atoms with E-state index < -0.39 is 0 Å². The number of hydrogen-bond donors (Lipinski definition) is 0. The summed E-state index contributed by atoms with van der Waals surface area (Å²) in [5, 5.41) is 6.80. The van der Waals surface area contributed by atoms with Crippen LogP contribution in [0.4, 0.5) is 0 Å². The molecule has 14 rings (SSSR count). The maximum Gasteiger partial charge on any atom is 0.115 e. The molecular weight excluding hydrogens is 1120 g/mol. The number of fused-ring (bicyclic) bond motifs is 6. The normalized spacial score (nSPS) is 12.3. The van der Waals surface area contributed by atoms with Crippen LogP contribution in [0.15, 0.2) is 72.8 Å². The van der Waals surface area contributed by atoms with E-state index in [1.165, 1.54) is 136 Å². The molecule has 0 saturated carbocycles. The van der Waals surface area contributed by atoms with Crippen molar-refractivity contribution in [3.05, 3.63) is 126 Å². The van der Waals surface area contributed by atoms with Gasteiger partial charge in [-0.1, -0.05) is 23.2 Å². The van der Waals surface area contributed by atoms with E-state index in [2.05, 4.69) is 128 Å². The monoisotopic (exact) mass is 1150 g/mol. The molecular formula is C56H36Cl2N4S10. The van der Waals surface area contributed by atoms with Crippen molar-refractivity contribution in [1.82, 2.24) is 17.5 Å². The third-order valence-electron chi connectivity index (χ3n) is 13.9. The zero-order chi connectivity index (χ0) is 49.2. The van der Waals surface area contributed by atoms with Crippen molar-refractivity contribution in [2.45, 2.75) is 55.4 Å². The van der Waals surface area contributed by atoms with Gasteiger partial charge in [-0.05, 0) is 183 Å². The van der Waals surface area contributed by atoms with Crippen LogP contribution in [-0.4, -0.2) is 17.5 Å². The lowest BCUT2D eigenvalue weighted by molar-refractivity contribution is 1.55. The van der Waals surface area contributed by atoms with Crippen molar-refractivity contribution < 1.29 is 0 Å². The Morgan fingerprint density at radius 1 is 0.333 bits per heavy atom. The summed E-state index contributed by atoms with van der Waals surface area (Å²) < 4.78 is 24.8. The highest BCUT2D eigenvalue weighted by molar-refractivity contribution is 7.29. The van der Waals surface area contributed by atoms with E-state index in [4.69, 9.17) is 40.7 Å². The van der Waals surface area contributed by atoms with E-state index in [9.17, 15) is 0 Å². The molecule has 0 bridgehead atoms. The average molecular weight is 1160 g/mol. The second-order valence-electron chi connectivity index (χ2n) is 18.5. The molecule has 0 aliphatic heterocycles. The number of benzene rings is 4. The lowest BCUT2D eigenvalue weighted by Gasteiger charge is -2.06. The molecule has 10 heterocycles. The Labute approximate surface area is 464 Å². The van der Waals surface area contributed by atoms with E-state index in [-0.39, 0.29) is 0 Å². The van der Waals surface area contributed by atoms with Crippen LogP contribution in [-0.2, 0) is 0 Å². The van der Waals surface area contributed by atoms with Crippen LogP contribution in [0.5, 0.6) is 0 Å². The lowest BCUT2D eigenvalue weighted by Crippen LogP contribution is -1.84. The van der Waals surface area contributed by atoms with E-state index in [0.29, 0.717) is 10.0 Å². The average Bonchev–Trinajstić information content (AvgIpc) is 4.20. The van der Waals surface area contributed by atoms with Gasteiger partial charge < -0.3 is 0 Å². The van der Waals surface area contributed by atoms with Gasteiger partial charge in [0.05, 0.1) is 33.5 Å². The third-order valence-corrected chi connectivity index (χ3v) is 25.7. The number of hydrogen-bond acceptors (Lipinski definition) is 14. The van der Waals surface area contributed by atoms with Crippen LogP contribution in [0.2, 0.25) is 10.0 Å². The second kappa shape index (κ2) is 17.1. The number of aryl methyl sites for hydroxylation is 8. The standard InChI is InChI=1S/C56H36Cl2N4S10/c1-21-13-40(33-16-35(57)45(38-10-9-23(3)63-38)49-47(33)59-71-61-49)66-51(21)43-19-31-27(7)56-32(28(8)55(31)69-43)20-44(70-56)52-22(2)14-41(67-52)34-17-36(58)46(50-48(34)60-72-62-50)39-12-11-37(65-39)42-18-30-26(6)53-29(15-24(4)64-53)25(5)54(30)68-42/h9-20H,1-8H3. The minimum atomic E-state index is 0.698. The predicted octanol–water partition coefficient (Wildman–Crippen LogP) is 22.2. The van der Waals surface area contributed by atoms with Gasteiger partial charge in [0.25, 0.3) is 0 Å². The highest BCUT2D eigenvalue weighted by Crippen LogP contribution is 2.53. The Balaban J connectivity index is 0.784. The first-order chi connectivity index (χ1) is 34.8. The van der Waals surface area contributed by atoms with Gasteiger partial charge in [-0.15, -0.1) is 90.7 Å². The predicted molar refractivity (Wildman–Crippen MR) is 327 cm³/mol. The first-order valence-electron chi connectivity index (χ1n) is 23.0. The SMILES string of the molecule is Cc1ccc(-c2c(Cl)cc(-c3cc(C)c(-c4cc5c(C)c6sc(-c7sc(-c8cc(Cl)c(-c9ccc(-c%10cc%11c(C)c%12sc(C)cc%12c(C)c%11s%10)s9)c9nsnc89)cc7C)cc6c(C)c5s4)s3)c3nsnc23)s1. The third kappa shape index (κ3) is 7.05. The summed E-state index contributed by atoms with van der Waals surface area (Å²) in [6, 6.07) is 27.1. The Morgan fingerprint density at radius 3 is 1.25 bits per heavy atom. The fourth-order valence-electron chi connectivity index (χ4n) is 10.3. The Bertz CT molecular complexity index is 4490. The smallest absolute Gasteiger partial charge is 0.115 e. The number of rotatable bonds is 7. The van der Waals surface area contributed by atoms with E-state index >= 15 is 0 Å². The van der Waals surface area contributed by atoms with Gasteiger partial charge >= 0.3 is 0 Å². The quantitative estimate of drug-likeness (QED) is 0.160. The van der Waals surface area contributed by atoms with Crippen LogP contribution in [0.25, 0.3) is 133 Å². The zero-order valence-corrected chi connectivity index (χ0v) is 49.2.